The van der Waals surface area contributed by atoms with Crippen LogP contribution in [0.4, 0.5) is 0 Å². The lowest BCUT2D eigenvalue weighted by Gasteiger charge is -2.03. The van der Waals surface area contributed by atoms with Gasteiger partial charge < -0.3 is 4.42 Å². The van der Waals surface area contributed by atoms with E-state index < -0.39 is 10.2 Å². The van der Waals surface area contributed by atoms with E-state index in [-0.39, 0.29) is 5.63 Å². The normalized spacial score (nSPS) is 10.9. The van der Waals surface area contributed by atoms with Crippen molar-refractivity contribution in [2.45, 2.75) is 4.90 Å². The Bertz CT molecular complexity index is 555. The van der Waals surface area contributed by atoms with Gasteiger partial charge in [0.1, 0.15) is 5.58 Å². The van der Waals surface area contributed by atoms with Crippen molar-refractivity contribution in [3.05, 3.63) is 40.8 Å². The van der Waals surface area contributed by atoms with Crippen LogP contribution in [-0.2, 0) is 0 Å². The van der Waals surface area contributed by atoms with Gasteiger partial charge in [-0.05, 0) is 18.2 Å². The van der Waals surface area contributed by atoms with Crippen LogP contribution in [0.15, 0.2) is 44.4 Å². The standard InChI is InChI=1S/C9H6O2S.ClHO4/c10-9-4-2-6-1-3-7(12)5-8(6)11-9;2-1(3,4)5/h1-5,12H;(H,2,3,4,5). The van der Waals surface area contributed by atoms with Crippen molar-refractivity contribution >= 4 is 23.6 Å². The summed E-state index contributed by atoms with van der Waals surface area (Å²) < 4.78 is 37.7. The van der Waals surface area contributed by atoms with E-state index in [9.17, 15) is 4.79 Å². The first-order valence-electron chi connectivity index (χ1n) is 4.12. The summed E-state index contributed by atoms with van der Waals surface area (Å²) in [5.74, 6) is 0. The summed E-state index contributed by atoms with van der Waals surface area (Å²) in [6, 6.07) is 8.57. The molecule has 0 aliphatic heterocycles. The minimum atomic E-state index is -4.69. The Balaban J connectivity index is 0.000000249. The lowest BCUT2D eigenvalue weighted by molar-refractivity contribution is -1.92. The average molecular weight is 279 g/mol. The molecule has 8 heteroatoms. The number of hydrogen-bond acceptors (Lipinski definition) is 7. The van der Waals surface area contributed by atoms with Crippen molar-refractivity contribution in [3.8, 4) is 0 Å². The van der Waals surface area contributed by atoms with Crippen molar-refractivity contribution < 1.29 is 33.3 Å². The van der Waals surface area contributed by atoms with Gasteiger partial charge in [0.2, 0.25) is 0 Å². The van der Waals surface area contributed by atoms with E-state index in [1.54, 1.807) is 12.1 Å². The molecule has 2 rings (SSSR count). The van der Waals surface area contributed by atoms with Crippen molar-refractivity contribution in [2.75, 3.05) is 0 Å². The molecule has 17 heavy (non-hydrogen) atoms. The molecule has 0 fully saturated rings. The number of fused-ring (bicyclic) bond motifs is 1. The summed E-state index contributed by atoms with van der Waals surface area (Å²) in [7, 11) is -4.69. The van der Waals surface area contributed by atoms with Gasteiger partial charge >= 0.3 is 5.63 Å². The predicted molar refractivity (Wildman–Crippen MR) is 52.0 cm³/mol. The molecule has 6 nitrogen and oxygen atoms in total. The van der Waals surface area contributed by atoms with E-state index in [0.717, 1.165) is 10.3 Å². The van der Waals surface area contributed by atoms with Gasteiger partial charge in [0, 0.05) is 16.3 Å². The molecule has 0 atom stereocenters. The number of benzene rings is 1. The van der Waals surface area contributed by atoms with E-state index in [0.29, 0.717) is 5.58 Å². The van der Waals surface area contributed by atoms with Crippen LogP contribution in [0.3, 0.4) is 0 Å². The van der Waals surface area contributed by atoms with Crippen LogP contribution >= 0.6 is 12.6 Å². The number of rotatable bonds is 0. The maximum Gasteiger partial charge on any atom is 0.336 e. The molecule has 92 valence electrons. The summed E-state index contributed by atoms with van der Waals surface area (Å²) in [5, 5.41) is 0.910. The molecule has 0 spiro atoms. The summed E-state index contributed by atoms with van der Waals surface area (Å²) in [5.41, 5.74) is 0.247. The quantitative estimate of drug-likeness (QED) is 0.423. The fraction of sp³-hybridized carbons (Fsp3) is 0. The Kier molecular flexibility index (Phi) is 4.52. The van der Waals surface area contributed by atoms with Gasteiger partial charge in [-0.15, -0.1) is 12.6 Å². The second-order valence-corrected chi connectivity index (χ2v) is 4.18. The van der Waals surface area contributed by atoms with E-state index in [4.69, 9.17) is 23.1 Å². The van der Waals surface area contributed by atoms with Gasteiger partial charge in [-0.3, -0.25) is 0 Å². The Morgan fingerprint density at radius 3 is 2.29 bits per heavy atom. The van der Waals surface area contributed by atoms with Crippen LogP contribution in [0.1, 0.15) is 0 Å². The van der Waals surface area contributed by atoms with Crippen molar-refractivity contribution in [3.63, 3.8) is 0 Å². The highest BCUT2D eigenvalue weighted by Gasteiger charge is 1.99. The van der Waals surface area contributed by atoms with Crippen LogP contribution < -0.4 is 19.6 Å². The molecule has 0 aliphatic rings. The molecule has 0 saturated carbocycles. The number of hydrogen-bond donors (Lipinski definition) is 2. The molecule has 0 unspecified atom stereocenters. The van der Waals surface area contributed by atoms with Gasteiger partial charge in [0.05, 0.1) is 14.9 Å². The molecule has 1 N–H and O–H groups in total. The molecule has 1 aromatic heterocycles. The fourth-order valence-corrected chi connectivity index (χ4v) is 1.24. The number of halogens is 1. The van der Waals surface area contributed by atoms with Crippen molar-refractivity contribution in [1.29, 1.82) is 0 Å². The Hall–Kier alpha value is -1.09. The van der Waals surface area contributed by atoms with E-state index in [1.165, 1.54) is 6.07 Å². The summed E-state index contributed by atoms with van der Waals surface area (Å²) >= 11 is 4.13. The fourth-order valence-electron chi connectivity index (χ4n) is 1.05. The summed E-state index contributed by atoms with van der Waals surface area (Å²) in [6.45, 7) is 0. The largest absolute Gasteiger partial charge is 0.423 e. The van der Waals surface area contributed by atoms with Gasteiger partial charge in [0.25, 0.3) is 0 Å². The van der Waals surface area contributed by atoms with Crippen LogP contribution in [0.25, 0.3) is 11.0 Å². The average Bonchev–Trinajstić information content (AvgIpc) is 2.14. The molecule has 0 amide bonds. The molecule has 0 saturated heterocycles. The van der Waals surface area contributed by atoms with E-state index in [2.05, 4.69) is 12.6 Å². The van der Waals surface area contributed by atoms with Crippen LogP contribution in [0, 0.1) is 10.2 Å². The minimum Gasteiger partial charge on any atom is -0.423 e. The lowest BCUT2D eigenvalue weighted by Crippen LogP contribution is -2.58. The summed E-state index contributed by atoms with van der Waals surface area (Å²) in [6.07, 6.45) is 0. The first kappa shape index (κ1) is 14.0. The van der Waals surface area contributed by atoms with E-state index >= 15 is 0 Å². The SMILES string of the molecule is O=c1ccc2ccc(S)cc2o1.[O-][Cl+3]([O-])([O-])O. The monoisotopic (exact) mass is 278 g/mol. The van der Waals surface area contributed by atoms with Gasteiger partial charge in [0.15, 0.2) is 0 Å². The first-order valence-corrected chi connectivity index (χ1v) is 5.83. The van der Waals surface area contributed by atoms with Gasteiger partial charge in [-0.2, -0.15) is 14.0 Å². The first-order chi connectivity index (χ1) is 7.75. The second kappa shape index (κ2) is 5.50. The topological polar surface area (TPSA) is 120 Å². The lowest BCUT2D eigenvalue weighted by atomic mass is 10.2. The van der Waals surface area contributed by atoms with Crippen LogP contribution in [0.2, 0.25) is 0 Å². The zero-order chi connectivity index (χ0) is 13.1. The highest BCUT2D eigenvalue weighted by atomic mass is 35.7. The Morgan fingerprint density at radius 2 is 1.71 bits per heavy atom. The highest BCUT2D eigenvalue weighted by Crippen LogP contribution is 2.15. The zero-order valence-electron chi connectivity index (χ0n) is 8.20. The van der Waals surface area contributed by atoms with E-state index in [1.807, 2.05) is 12.1 Å². The number of thiol groups is 1. The summed E-state index contributed by atoms with van der Waals surface area (Å²) in [4.78, 5) is 11.6. The van der Waals surface area contributed by atoms with Crippen LogP contribution in [0.5, 0.6) is 0 Å². The molecular formula is C9H7ClO6S. The second-order valence-electron chi connectivity index (χ2n) is 2.87. The molecule has 1 aromatic carbocycles. The predicted octanol–water partition coefficient (Wildman–Crippen LogP) is -2.04. The zero-order valence-corrected chi connectivity index (χ0v) is 9.85. The van der Waals surface area contributed by atoms with Gasteiger partial charge in [-0.25, -0.2) is 4.79 Å². The molecular weight excluding hydrogens is 272 g/mol. The third-order valence-electron chi connectivity index (χ3n) is 1.61. The van der Waals surface area contributed by atoms with Crippen molar-refractivity contribution in [2.24, 2.45) is 0 Å². The molecule has 0 radical (unpaired) electrons. The highest BCUT2D eigenvalue weighted by molar-refractivity contribution is 7.80. The van der Waals surface area contributed by atoms with Gasteiger partial charge in [-0.1, -0.05) is 6.07 Å². The smallest absolute Gasteiger partial charge is 0.336 e. The van der Waals surface area contributed by atoms with Crippen molar-refractivity contribution in [1.82, 2.24) is 0 Å². The minimum absolute atomic E-state index is 0.332. The van der Waals surface area contributed by atoms with Crippen LogP contribution in [-0.4, -0.2) is 4.66 Å². The maximum atomic E-state index is 10.8. The third kappa shape index (κ3) is 5.68. The third-order valence-corrected chi connectivity index (χ3v) is 1.88. The maximum absolute atomic E-state index is 10.8. The molecule has 1 heterocycles. The Labute approximate surface area is 103 Å². The molecule has 0 aliphatic carbocycles. The molecule has 0 bridgehead atoms. The molecule has 2 aromatic rings. The Morgan fingerprint density at radius 1 is 1.18 bits per heavy atom.